The highest BCUT2D eigenvalue weighted by Gasteiger charge is 2.52. The lowest BCUT2D eigenvalue weighted by molar-refractivity contribution is -0.0151. The zero-order valence-electron chi connectivity index (χ0n) is 17.4. The molecule has 3 fully saturated rings. The number of aromatic nitrogens is 2. The van der Waals surface area contributed by atoms with Gasteiger partial charge in [0.1, 0.15) is 0 Å². The molecule has 28 heavy (non-hydrogen) atoms. The number of rotatable bonds is 2. The Labute approximate surface area is 166 Å². The third kappa shape index (κ3) is 2.98. The predicted octanol–water partition coefficient (Wildman–Crippen LogP) is 1.56. The average molecular weight is 390 g/mol. The number of carbonyl (C=O) groups excluding carboxylic acids is 2. The van der Waals surface area contributed by atoms with Gasteiger partial charge in [0, 0.05) is 58.7 Å². The van der Waals surface area contributed by atoms with E-state index in [-0.39, 0.29) is 23.5 Å². The number of urea groups is 1. The van der Waals surface area contributed by atoms with Crippen molar-refractivity contribution in [2.24, 2.45) is 7.05 Å². The number of aryl methyl sites for hydroxylation is 2. The van der Waals surface area contributed by atoms with Gasteiger partial charge in [-0.15, -0.1) is 0 Å². The average Bonchev–Trinajstić information content (AvgIpc) is 3.07. The van der Waals surface area contributed by atoms with Crippen molar-refractivity contribution in [3.05, 3.63) is 17.0 Å². The Morgan fingerprint density at radius 2 is 1.79 bits per heavy atom. The highest BCUT2D eigenvalue weighted by molar-refractivity contribution is 5.96. The third-order valence-electron chi connectivity index (χ3n) is 6.84. The molecule has 3 aliphatic heterocycles. The second-order valence-corrected chi connectivity index (χ2v) is 8.54. The number of nitrogens with zero attached hydrogens (tertiary/aromatic N) is 5. The monoisotopic (exact) mass is 389 g/mol. The van der Waals surface area contributed by atoms with Crippen LogP contribution in [0.1, 0.15) is 47.4 Å². The molecule has 4 heterocycles. The van der Waals surface area contributed by atoms with Crippen LogP contribution in [-0.4, -0.2) is 87.9 Å². The molecule has 4 rings (SSSR count). The number of hydrogen-bond acceptors (Lipinski definition) is 4. The minimum Gasteiger partial charge on any atom is -0.381 e. The minimum absolute atomic E-state index is 0.0622. The van der Waals surface area contributed by atoms with Crippen molar-refractivity contribution < 1.29 is 14.3 Å². The molecule has 0 unspecified atom stereocenters. The van der Waals surface area contributed by atoms with Crippen molar-refractivity contribution in [3.8, 4) is 0 Å². The van der Waals surface area contributed by atoms with E-state index < -0.39 is 0 Å². The molecule has 1 spiro atoms. The molecule has 8 nitrogen and oxygen atoms in total. The second-order valence-electron chi connectivity index (χ2n) is 8.54. The van der Waals surface area contributed by atoms with Crippen molar-refractivity contribution in [2.45, 2.75) is 51.1 Å². The highest BCUT2D eigenvalue weighted by Crippen LogP contribution is 2.38. The van der Waals surface area contributed by atoms with E-state index in [9.17, 15) is 9.59 Å². The molecule has 3 saturated heterocycles. The first kappa shape index (κ1) is 19.2. The van der Waals surface area contributed by atoms with Gasteiger partial charge in [-0.25, -0.2) is 4.79 Å². The lowest BCUT2D eigenvalue weighted by Crippen LogP contribution is -2.57. The fourth-order valence-corrected chi connectivity index (χ4v) is 5.23. The number of likely N-dealkylation sites (tertiary alicyclic amines) is 1. The van der Waals surface area contributed by atoms with Crippen LogP contribution in [0.4, 0.5) is 4.79 Å². The van der Waals surface area contributed by atoms with Crippen LogP contribution in [0.5, 0.6) is 0 Å². The number of hydrogen-bond donors (Lipinski definition) is 0. The van der Waals surface area contributed by atoms with E-state index in [0.29, 0.717) is 26.3 Å². The van der Waals surface area contributed by atoms with Crippen LogP contribution in [0, 0.1) is 13.8 Å². The first-order chi connectivity index (χ1) is 13.3. The van der Waals surface area contributed by atoms with Crippen LogP contribution >= 0.6 is 0 Å². The van der Waals surface area contributed by atoms with E-state index in [1.807, 2.05) is 37.7 Å². The molecule has 1 aromatic heterocycles. The van der Waals surface area contributed by atoms with Gasteiger partial charge in [0.15, 0.2) is 0 Å². The normalized spacial score (nSPS) is 23.1. The van der Waals surface area contributed by atoms with Gasteiger partial charge in [0.05, 0.1) is 16.8 Å². The van der Waals surface area contributed by atoms with Crippen LogP contribution in [-0.2, 0) is 11.8 Å². The summed E-state index contributed by atoms with van der Waals surface area (Å²) in [7, 11) is 3.76. The summed E-state index contributed by atoms with van der Waals surface area (Å²) in [5.74, 6) is 0.0622. The van der Waals surface area contributed by atoms with Crippen LogP contribution in [0.2, 0.25) is 0 Å². The molecule has 0 saturated carbocycles. The first-order valence-corrected chi connectivity index (χ1v) is 10.3. The van der Waals surface area contributed by atoms with Gasteiger partial charge in [-0.2, -0.15) is 5.10 Å². The quantitative estimate of drug-likeness (QED) is 0.770. The number of ether oxygens (including phenoxy) is 1. The van der Waals surface area contributed by atoms with E-state index in [2.05, 4.69) is 10.00 Å². The summed E-state index contributed by atoms with van der Waals surface area (Å²) >= 11 is 0. The van der Waals surface area contributed by atoms with Crippen LogP contribution in [0.25, 0.3) is 0 Å². The summed E-state index contributed by atoms with van der Waals surface area (Å²) in [5.41, 5.74) is 2.31. The number of carbonyl (C=O) groups is 2. The van der Waals surface area contributed by atoms with Gasteiger partial charge >= 0.3 is 6.03 Å². The zero-order chi connectivity index (χ0) is 20.1. The lowest BCUT2D eigenvalue weighted by Gasteiger charge is -2.46. The third-order valence-corrected chi connectivity index (χ3v) is 6.84. The Morgan fingerprint density at radius 1 is 1.14 bits per heavy atom. The van der Waals surface area contributed by atoms with Crippen molar-refractivity contribution in [1.82, 2.24) is 24.5 Å². The Hall–Kier alpha value is -2.09. The maximum atomic E-state index is 13.1. The van der Waals surface area contributed by atoms with E-state index in [1.165, 1.54) is 0 Å². The SMILES string of the molecule is Cc1nn(C)c(C)c1C(=O)N1CCC(N2C(=O)N(C)CC23CCOCC3)CC1. The van der Waals surface area contributed by atoms with Gasteiger partial charge in [-0.3, -0.25) is 9.48 Å². The molecule has 0 atom stereocenters. The second kappa shape index (κ2) is 7.06. The van der Waals surface area contributed by atoms with Crippen LogP contribution < -0.4 is 0 Å². The topological polar surface area (TPSA) is 70.9 Å². The van der Waals surface area contributed by atoms with Gasteiger partial charge < -0.3 is 19.4 Å². The van der Waals surface area contributed by atoms with Gasteiger partial charge in [0.25, 0.3) is 5.91 Å². The van der Waals surface area contributed by atoms with Crippen molar-refractivity contribution >= 4 is 11.9 Å². The maximum absolute atomic E-state index is 13.1. The number of piperidine rings is 1. The van der Waals surface area contributed by atoms with E-state index in [1.54, 1.807) is 4.68 Å². The summed E-state index contributed by atoms with van der Waals surface area (Å²) in [4.78, 5) is 31.9. The fourth-order valence-electron chi connectivity index (χ4n) is 5.23. The molecule has 1 aromatic rings. The standard InChI is InChI=1S/C20H31N5O3/c1-14-17(15(2)23(4)21-14)18(26)24-9-5-16(6-10-24)25-19(27)22(3)13-20(25)7-11-28-12-8-20/h16H,5-13H2,1-4H3. The van der Waals surface area contributed by atoms with Gasteiger partial charge in [-0.05, 0) is 39.5 Å². The number of amides is 3. The Balaban J connectivity index is 1.47. The Kier molecular flexibility index (Phi) is 4.85. The molecular formula is C20H31N5O3. The van der Waals surface area contributed by atoms with Crippen molar-refractivity contribution in [1.29, 1.82) is 0 Å². The van der Waals surface area contributed by atoms with Crippen molar-refractivity contribution in [2.75, 3.05) is 39.9 Å². The van der Waals surface area contributed by atoms with E-state index in [4.69, 9.17) is 4.74 Å². The molecule has 0 bridgehead atoms. The zero-order valence-corrected chi connectivity index (χ0v) is 17.4. The number of likely N-dealkylation sites (N-methyl/N-ethyl adjacent to an activating group) is 1. The van der Waals surface area contributed by atoms with E-state index in [0.717, 1.165) is 49.2 Å². The maximum Gasteiger partial charge on any atom is 0.320 e. The molecule has 0 aliphatic carbocycles. The summed E-state index contributed by atoms with van der Waals surface area (Å²) in [6.45, 7) is 7.40. The fraction of sp³-hybridized carbons (Fsp3) is 0.750. The smallest absolute Gasteiger partial charge is 0.320 e. The Morgan fingerprint density at radius 3 is 2.36 bits per heavy atom. The molecule has 0 N–H and O–H groups in total. The predicted molar refractivity (Wildman–Crippen MR) is 104 cm³/mol. The van der Waals surface area contributed by atoms with Crippen LogP contribution in [0.15, 0.2) is 0 Å². The van der Waals surface area contributed by atoms with Gasteiger partial charge in [-0.1, -0.05) is 0 Å². The first-order valence-electron chi connectivity index (χ1n) is 10.3. The van der Waals surface area contributed by atoms with Gasteiger partial charge in [0.2, 0.25) is 0 Å². The molecule has 8 heteroatoms. The van der Waals surface area contributed by atoms with Crippen molar-refractivity contribution in [3.63, 3.8) is 0 Å². The minimum atomic E-state index is -0.0997. The summed E-state index contributed by atoms with van der Waals surface area (Å²) < 4.78 is 7.33. The summed E-state index contributed by atoms with van der Waals surface area (Å²) in [6, 6.07) is 0.321. The molecule has 0 aromatic carbocycles. The molecular weight excluding hydrogens is 358 g/mol. The molecule has 3 amide bonds. The summed E-state index contributed by atoms with van der Waals surface area (Å²) in [5, 5.41) is 4.38. The van der Waals surface area contributed by atoms with Crippen LogP contribution in [0.3, 0.4) is 0 Å². The molecule has 3 aliphatic rings. The molecule has 154 valence electrons. The Bertz CT molecular complexity index is 775. The molecule has 0 radical (unpaired) electrons. The summed E-state index contributed by atoms with van der Waals surface area (Å²) in [6.07, 6.45) is 3.45. The largest absolute Gasteiger partial charge is 0.381 e. The highest BCUT2D eigenvalue weighted by atomic mass is 16.5. The van der Waals surface area contributed by atoms with E-state index >= 15 is 0 Å². The lowest BCUT2D eigenvalue weighted by atomic mass is 9.86.